The number of furan rings is 1. The molecule has 3 rings (SSSR count). The van der Waals surface area contributed by atoms with Crippen molar-refractivity contribution < 1.29 is 23.9 Å². The number of rotatable bonds is 5. The Hall–Kier alpha value is -2.31. The van der Waals surface area contributed by atoms with Gasteiger partial charge in [0, 0.05) is 19.0 Å². The van der Waals surface area contributed by atoms with Crippen molar-refractivity contribution in [1.29, 1.82) is 0 Å². The molecule has 0 bridgehead atoms. The Labute approximate surface area is 140 Å². The number of hydrogen-bond donors (Lipinski definition) is 2. The molecule has 2 aliphatic rings. The maximum atomic E-state index is 12.3. The molecule has 2 heterocycles. The summed E-state index contributed by atoms with van der Waals surface area (Å²) in [6, 6.07) is 1.71. The van der Waals surface area contributed by atoms with E-state index in [0.29, 0.717) is 24.1 Å². The summed E-state index contributed by atoms with van der Waals surface area (Å²) in [7, 11) is 0. The molecule has 0 spiro atoms. The van der Waals surface area contributed by atoms with Gasteiger partial charge in [-0.15, -0.1) is 0 Å². The lowest BCUT2D eigenvalue weighted by molar-refractivity contribution is -0.130. The van der Waals surface area contributed by atoms with E-state index in [1.807, 2.05) is 4.90 Å². The molecular weight excluding hydrogens is 312 g/mol. The largest absolute Gasteiger partial charge is 0.478 e. The minimum absolute atomic E-state index is 0.0593. The van der Waals surface area contributed by atoms with E-state index in [1.165, 1.54) is 6.07 Å². The third-order valence-electron chi connectivity index (χ3n) is 4.93. The van der Waals surface area contributed by atoms with Crippen LogP contribution in [0.3, 0.4) is 0 Å². The molecule has 1 aromatic heterocycles. The highest BCUT2D eigenvalue weighted by atomic mass is 16.4. The summed E-state index contributed by atoms with van der Waals surface area (Å²) < 4.78 is 5.34. The first-order valence-corrected chi connectivity index (χ1v) is 8.35. The van der Waals surface area contributed by atoms with Gasteiger partial charge in [-0.25, -0.2) is 4.79 Å². The number of carboxylic acid groups (broad SMARTS) is 1. The van der Waals surface area contributed by atoms with E-state index in [-0.39, 0.29) is 36.3 Å². The number of hydrogen-bond acceptors (Lipinski definition) is 4. The molecule has 1 aromatic rings. The number of likely N-dealkylation sites (tertiary alicyclic amines) is 1. The zero-order valence-electron chi connectivity index (χ0n) is 13.7. The van der Waals surface area contributed by atoms with Gasteiger partial charge in [0.15, 0.2) is 0 Å². The lowest BCUT2D eigenvalue weighted by Gasteiger charge is -2.23. The van der Waals surface area contributed by atoms with Crippen LogP contribution in [-0.4, -0.2) is 40.4 Å². The van der Waals surface area contributed by atoms with Crippen LogP contribution < -0.4 is 5.32 Å². The van der Waals surface area contributed by atoms with Crippen LogP contribution in [0, 0.1) is 12.8 Å². The van der Waals surface area contributed by atoms with Crippen LogP contribution in [0.15, 0.2) is 10.5 Å². The number of carboxylic acids is 1. The van der Waals surface area contributed by atoms with E-state index in [2.05, 4.69) is 5.32 Å². The van der Waals surface area contributed by atoms with Crippen molar-refractivity contribution in [2.24, 2.45) is 5.92 Å². The predicted molar refractivity (Wildman–Crippen MR) is 84.3 cm³/mol. The molecule has 1 atom stereocenters. The minimum atomic E-state index is -1.05. The number of nitrogens with one attached hydrogen (secondary N) is 1. The van der Waals surface area contributed by atoms with Gasteiger partial charge in [0.25, 0.3) is 0 Å². The molecule has 2 N–H and O–H groups in total. The Morgan fingerprint density at radius 1 is 1.38 bits per heavy atom. The van der Waals surface area contributed by atoms with Gasteiger partial charge in [0.1, 0.15) is 17.1 Å². The van der Waals surface area contributed by atoms with Crippen LogP contribution >= 0.6 is 0 Å². The molecule has 24 heavy (non-hydrogen) atoms. The molecule has 2 fully saturated rings. The van der Waals surface area contributed by atoms with E-state index in [0.717, 1.165) is 25.7 Å². The number of aromatic carboxylic acids is 1. The Bertz CT molecular complexity index is 660. The minimum Gasteiger partial charge on any atom is -0.478 e. The zero-order valence-corrected chi connectivity index (χ0v) is 13.7. The van der Waals surface area contributed by atoms with Crippen LogP contribution in [-0.2, 0) is 16.1 Å². The van der Waals surface area contributed by atoms with E-state index in [1.54, 1.807) is 6.92 Å². The third kappa shape index (κ3) is 3.29. The fraction of sp³-hybridized carbons (Fsp3) is 0.588. The number of nitrogens with zero attached hydrogens (tertiary/aromatic N) is 1. The Morgan fingerprint density at radius 3 is 2.71 bits per heavy atom. The molecule has 1 aliphatic heterocycles. The van der Waals surface area contributed by atoms with Crippen molar-refractivity contribution >= 4 is 17.8 Å². The Morgan fingerprint density at radius 2 is 2.08 bits per heavy atom. The fourth-order valence-electron chi connectivity index (χ4n) is 3.64. The molecular formula is C17H22N2O5. The summed E-state index contributed by atoms with van der Waals surface area (Å²) in [4.78, 5) is 37.3. The molecule has 7 heteroatoms. The van der Waals surface area contributed by atoms with Gasteiger partial charge in [-0.1, -0.05) is 12.8 Å². The van der Waals surface area contributed by atoms with E-state index in [9.17, 15) is 14.4 Å². The standard InChI is InChI=1S/C17H22N2O5/c1-10-14(17(22)23)7-13(24-10)8-18-16(21)11-6-15(20)19(9-11)12-4-2-3-5-12/h7,11-12H,2-6,8-9H2,1H3,(H,18,21)(H,22,23). The summed E-state index contributed by atoms with van der Waals surface area (Å²) in [6.07, 6.45) is 4.61. The van der Waals surface area contributed by atoms with E-state index < -0.39 is 5.97 Å². The van der Waals surface area contributed by atoms with Crippen LogP contribution in [0.1, 0.15) is 54.0 Å². The molecule has 0 radical (unpaired) electrons. The summed E-state index contributed by atoms with van der Waals surface area (Å²) in [5.41, 5.74) is 0.0997. The SMILES string of the molecule is Cc1oc(CNC(=O)C2CC(=O)N(C3CCCC3)C2)cc1C(=O)O. The highest BCUT2D eigenvalue weighted by Gasteiger charge is 2.38. The summed E-state index contributed by atoms with van der Waals surface area (Å²) in [5.74, 6) is -0.806. The quantitative estimate of drug-likeness (QED) is 0.853. The molecule has 1 saturated heterocycles. The lowest BCUT2D eigenvalue weighted by Crippen LogP contribution is -2.36. The molecule has 0 aromatic carbocycles. The van der Waals surface area contributed by atoms with E-state index >= 15 is 0 Å². The molecule has 130 valence electrons. The van der Waals surface area contributed by atoms with Crippen molar-refractivity contribution in [3.63, 3.8) is 0 Å². The monoisotopic (exact) mass is 334 g/mol. The normalized spacial score (nSPS) is 21.5. The fourth-order valence-corrected chi connectivity index (χ4v) is 3.64. The maximum absolute atomic E-state index is 12.3. The smallest absolute Gasteiger partial charge is 0.339 e. The van der Waals surface area contributed by atoms with Crippen molar-refractivity contribution in [3.05, 3.63) is 23.2 Å². The van der Waals surface area contributed by atoms with Crippen LogP contribution in [0.2, 0.25) is 0 Å². The average molecular weight is 334 g/mol. The first kappa shape index (κ1) is 16.5. The zero-order chi connectivity index (χ0) is 17.3. The average Bonchev–Trinajstić information content (AvgIpc) is 3.24. The molecule has 1 unspecified atom stereocenters. The Balaban J connectivity index is 1.55. The highest BCUT2D eigenvalue weighted by Crippen LogP contribution is 2.29. The second kappa shape index (κ2) is 6.67. The predicted octanol–water partition coefficient (Wildman–Crippen LogP) is 1.69. The highest BCUT2D eigenvalue weighted by molar-refractivity contribution is 5.90. The second-order valence-corrected chi connectivity index (χ2v) is 6.59. The van der Waals surface area contributed by atoms with E-state index in [4.69, 9.17) is 9.52 Å². The van der Waals surface area contributed by atoms with Gasteiger partial charge in [-0.05, 0) is 25.8 Å². The summed E-state index contributed by atoms with van der Waals surface area (Å²) in [6.45, 7) is 2.18. The van der Waals surface area contributed by atoms with Gasteiger partial charge in [0.2, 0.25) is 11.8 Å². The van der Waals surface area contributed by atoms with Gasteiger partial charge < -0.3 is 19.7 Å². The molecule has 1 aliphatic carbocycles. The van der Waals surface area contributed by atoms with Crippen LogP contribution in [0.4, 0.5) is 0 Å². The lowest BCUT2D eigenvalue weighted by atomic mass is 10.1. The van der Waals surface area contributed by atoms with Gasteiger partial charge >= 0.3 is 5.97 Å². The number of carbonyl (C=O) groups excluding carboxylic acids is 2. The first-order valence-electron chi connectivity index (χ1n) is 8.35. The van der Waals surface area contributed by atoms with Crippen molar-refractivity contribution in [1.82, 2.24) is 10.2 Å². The van der Waals surface area contributed by atoms with Crippen LogP contribution in [0.25, 0.3) is 0 Å². The third-order valence-corrected chi connectivity index (χ3v) is 4.93. The van der Waals surface area contributed by atoms with Crippen molar-refractivity contribution in [2.45, 2.75) is 51.6 Å². The van der Waals surface area contributed by atoms with Crippen LogP contribution in [0.5, 0.6) is 0 Å². The maximum Gasteiger partial charge on any atom is 0.339 e. The molecule has 1 saturated carbocycles. The second-order valence-electron chi connectivity index (χ2n) is 6.59. The first-order chi connectivity index (χ1) is 11.5. The number of aryl methyl sites for hydroxylation is 1. The van der Waals surface area contributed by atoms with Gasteiger partial charge in [0.05, 0.1) is 12.5 Å². The van der Waals surface area contributed by atoms with Gasteiger partial charge in [-0.3, -0.25) is 9.59 Å². The van der Waals surface area contributed by atoms with Gasteiger partial charge in [-0.2, -0.15) is 0 Å². The Kier molecular flexibility index (Phi) is 4.59. The number of carbonyl (C=O) groups is 3. The molecule has 7 nitrogen and oxygen atoms in total. The molecule has 2 amide bonds. The topological polar surface area (TPSA) is 99.9 Å². The number of amides is 2. The van der Waals surface area contributed by atoms with Crippen molar-refractivity contribution in [2.75, 3.05) is 6.54 Å². The summed E-state index contributed by atoms with van der Waals surface area (Å²) >= 11 is 0. The van der Waals surface area contributed by atoms with Crippen molar-refractivity contribution in [3.8, 4) is 0 Å². The summed E-state index contributed by atoms with van der Waals surface area (Å²) in [5, 5.41) is 11.7.